The summed E-state index contributed by atoms with van der Waals surface area (Å²) in [4.78, 5) is 10.8. The van der Waals surface area contributed by atoms with Gasteiger partial charge in [0.1, 0.15) is 0 Å². The molecule has 0 amide bonds. The van der Waals surface area contributed by atoms with E-state index in [2.05, 4.69) is 13.8 Å². The van der Waals surface area contributed by atoms with Crippen LogP contribution in [0.2, 0.25) is 0 Å². The van der Waals surface area contributed by atoms with E-state index in [1.165, 1.54) is 89.9 Å². The summed E-state index contributed by atoms with van der Waals surface area (Å²) in [6.45, 7) is 5.84. The summed E-state index contributed by atoms with van der Waals surface area (Å²) in [5.41, 5.74) is 0. The Labute approximate surface area is 174 Å². The molecule has 0 unspecified atom stereocenters. The fraction of sp³-hybridized carbons (Fsp3) is 0.958. The Balaban J connectivity index is 3.66. The minimum Gasteiger partial charge on any atom is -0.481 e. The molecule has 1 N–H and O–H groups in total. The van der Waals surface area contributed by atoms with Crippen LogP contribution in [0.15, 0.2) is 0 Å². The second-order valence-corrected chi connectivity index (χ2v) is 8.05. The molecule has 0 spiro atoms. The van der Waals surface area contributed by atoms with E-state index in [0.717, 1.165) is 12.8 Å². The molecule has 0 atom stereocenters. The third kappa shape index (κ3) is 21.7. The Bertz CT molecular complexity index is 298. The molecule has 0 saturated carbocycles. The van der Waals surface area contributed by atoms with Crippen LogP contribution in [0.1, 0.15) is 129 Å². The number of hydrogen-bond donors (Lipinski definition) is 1. The highest BCUT2D eigenvalue weighted by molar-refractivity contribution is 5.66. The maximum absolute atomic E-state index is 10.8. The smallest absolute Gasteiger partial charge is 0.303 e. The van der Waals surface area contributed by atoms with Gasteiger partial charge in [-0.1, -0.05) is 104 Å². The van der Waals surface area contributed by atoms with E-state index in [1.807, 2.05) is 0 Å². The van der Waals surface area contributed by atoms with E-state index < -0.39 is 5.97 Å². The molecule has 4 heteroatoms. The highest BCUT2D eigenvalue weighted by Crippen LogP contribution is 2.12. The van der Waals surface area contributed by atoms with Gasteiger partial charge in [-0.15, -0.1) is 0 Å². The quantitative estimate of drug-likeness (QED) is 0.142. The third-order valence-corrected chi connectivity index (χ3v) is 5.20. The first kappa shape index (κ1) is 27.4. The zero-order chi connectivity index (χ0) is 20.7. The molecule has 0 rings (SSSR count). The molecule has 0 radical (unpaired) electrons. The van der Waals surface area contributed by atoms with Crippen LogP contribution in [0, 0.1) is 0 Å². The van der Waals surface area contributed by atoms with Gasteiger partial charge in [0.25, 0.3) is 0 Å². The van der Waals surface area contributed by atoms with Gasteiger partial charge in [-0.05, 0) is 12.8 Å². The van der Waals surface area contributed by atoms with E-state index in [1.54, 1.807) is 0 Å². The lowest BCUT2D eigenvalue weighted by Crippen LogP contribution is -2.20. The average molecular weight is 401 g/mol. The SMILES string of the molecule is CCCCCCCCCCOC(CCC(=O)O)OCCCCCCCCCC. The Kier molecular flexibility index (Phi) is 22.2. The van der Waals surface area contributed by atoms with Gasteiger partial charge in [-0.3, -0.25) is 4.79 Å². The van der Waals surface area contributed by atoms with E-state index >= 15 is 0 Å². The van der Waals surface area contributed by atoms with Gasteiger partial charge in [0.05, 0.1) is 6.42 Å². The lowest BCUT2D eigenvalue weighted by Gasteiger charge is -2.18. The van der Waals surface area contributed by atoms with Gasteiger partial charge in [0.15, 0.2) is 6.29 Å². The molecule has 28 heavy (non-hydrogen) atoms. The van der Waals surface area contributed by atoms with Crippen LogP contribution < -0.4 is 0 Å². The maximum Gasteiger partial charge on any atom is 0.303 e. The van der Waals surface area contributed by atoms with Crippen LogP contribution in [0.5, 0.6) is 0 Å². The fourth-order valence-corrected chi connectivity index (χ4v) is 3.36. The van der Waals surface area contributed by atoms with Crippen LogP contribution in [-0.2, 0) is 14.3 Å². The Morgan fingerprint density at radius 3 is 1.36 bits per heavy atom. The lowest BCUT2D eigenvalue weighted by atomic mass is 10.1. The largest absolute Gasteiger partial charge is 0.481 e. The van der Waals surface area contributed by atoms with Crippen molar-refractivity contribution in [2.24, 2.45) is 0 Å². The molecule has 0 aliphatic carbocycles. The predicted octanol–water partition coefficient (Wildman–Crippen LogP) is 7.49. The molecular weight excluding hydrogens is 352 g/mol. The minimum atomic E-state index is -0.781. The number of hydrogen-bond acceptors (Lipinski definition) is 3. The third-order valence-electron chi connectivity index (χ3n) is 5.20. The molecule has 0 aromatic rings. The molecule has 168 valence electrons. The van der Waals surface area contributed by atoms with Crippen molar-refractivity contribution in [3.63, 3.8) is 0 Å². The van der Waals surface area contributed by atoms with Crippen molar-refractivity contribution in [2.45, 2.75) is 136 Å². The minimum absolute atomic E-state index is 0.111. The van der Waals surface area contributed by atoms with Gasteiger partial charge in [-0.2, -0.15) is 0 Å². The number of aliphatic carboxylic acids is 1. The summed E-state index contributed by atoms with van der Waals surface area (Å²) >= 11 is 0. The first-order valence-electron chi connectivity index (χ1n) is 12.2. The van der Waals surface area contributed by atoms with Gasteiger partial charge < -0.3 is 14.6 Å². The van der Waals surface area contributed by atoms with E-state index in [4.69, 9.17) is 14.6 Å². The Hall–Kier alpha value is -0.610. The Morgan fingerprint density at radius 1 is 0.643 bits per heavy atom. The molecule has 0 aromatic heterocycles. The second kappa shape index (κ2) is 22.7. The van der Waals surface area contributed by atoms with Crippen LogP contribution >= 0.6 is 0 Å². The zero-order valence-corrected chi connectivity index (χ0v) is 18.9. The molecule has 0 bridgehead atoms. The number of unbranched alkanes of at least 4 members (excludes halogenated alkanes) is 14. The normalized spacial score (nSPS) is 11.4. The number of rotatable bonds is 23. The van der Waals surface area contributed by atoms with Crippen molar-refractivity contribution >= 4 is 5.97 Å². The number of carbonyl (C=O) groups is 1. The summed E-state index contributed by atoms with van der Waals surface area (Å²) in [6, 6.07) is 0. The standard InChI is InChI=1S/C24H48O4/c1-3-5-7-9-11-13-15-17-21-27-24(20-19-23(25)26)28-22-18-16-14-12-10-8-6-4-2/h24H,3-22H2,1-2H3,(H,25,26). The van der Waals surface area contributed by atoms with Gasteiger partial charge in [-0.25, -0.2) is 0 Å². The van der Waals surface area contributed by atoms with Crippen molar-refractivity contribution in [3.05, 3.63) is 0 Å². The van der Waals surface area contributed by atoms with Crippen molar-refractivity contribution in [1.29, 1.82) is 0 Å². The molecular formula is C24H48O4. The summed E-state index contributed by atoms with van der Waals surface area (Å²) < 4.78 is 11.6. The van der Waals surface area contributed by atoms with Crippen molar-refractivity contribution in [1.82, 2.24) is 0 Å². The number of carboxylic acids is 1. The molecule has 0 fully saturated rings. The highest BCUT2D eigenvalue weighted by atomic mass is 16.7. The zero-order valence-electron chi connectivity index (χ0n) is 18.9. The van der Waals surface area contributed by atoms with E-state index in [0.29, 0.717) is 19.6 Å². The lowest BCUT2D eigenvalue weighted by molar-refractivity contribution is -0.156. The monoisotopic (exact) mass is 400 g/mol. The van der Waals surface area contributed by atoms with Crippen LogP contribution in [0.4, 0.5) is 0 Å². The van der Waals surface area contributed by atoms with Gasteiger partial charge >= 0.3 is 5.97 Å². The van der Waals surface area contributed by atoms with Crippen molar-refractivity contribution < 1.29 is 19.4 Å². The molecule has 0 aliphatic heterocycles. The summed E-state index contributed by atoms with van der Waals surface area (Å²) in [7, 11) is 0. The summed E-state index contributed by atoms with van der Waals surface area (Å²) in [6.07, 6.45) is 20.5. The highest BCUT2D eigenvalue weighted by Gasteiger charge is 2.11. The average Bonchev–Trinajstić information content (AvgIpc) is 2.68. The molecule has 0 aromatic carbocycles. The summed E-state index contributed by atoms with van der Waals surface area (Å²) in [5.74, 6) is -0.781. The van der Waals surface area contributed by atoms with Crippen LogP contribution in [0.25, 0.3) is 0 Å². The summed E-state index contributed by atoms with van der Waals surface area (Å²) in [5, 5.41) is 8.91. The number of carboxylic acid groups (broad SMARTS) is 1. The van der Waals surface area contributed by atoms with Crippen LogP contribution in [0.3, 0.4) is 0 Å². The first-order valence-corrected chi connectivity index (χ1v) is 12.2. The Morgan fingerprint density at radius 2 is 1.00 bits per heavy atom. The number of ether oxygens (including phenoxy) is 2. The first-order chi connectivity index (χ1) is 13.7. The molecule has 0 saturated heterocycles. The van der Waals surface area contributed by atoms with Crippen molar-refractivity contribution in [3.8, 4) is 0 Å². The molecule has 4 nitrogen and oxygen atoms in total. The predicted molar refractivity (Wildman–Crippen MR) is 118 cm³/mol. The van der Waals surface area contributed by atoms with E-state index in [-0.39, 0.29) is 12.7 Å². The van der Waals surface area contributed by atoms with Crippen LogP contribution in [-0.4, -0.2) is 30.6 Å². The fourth-order valence-electron chi connectivity index (χ4n) is 3.36. The van der Waals surface area contributed by atoms with E-state index in [9.17, 15) is 4.79 Å². The molecule has 0 heterocycles. The van der Waals surface area contributed by atoms with Gasteiger partial charge in [0.2, 0.25) is 0 Å². The maximum atomic E-state index is 10.8. The topological polar surface area (TPSA) is 55.8 Å². The molecule has 0 aliphatic rings. The second-order valence-electron chi connectivity index (χ2n) is 8.05. The van der Waals surface area contributed by atoms with Gasteiger partial charge in [0, 0.05) is 19.6 Å². The van der Waals surface area contributed by atoms with Crippen molar-refractivity contribution in [2.75, 3.05) is 13.2 Å².